The topological polar surface area (TPSA) is 301 Å². The van der Waals surface area contributed by atoms with Gasteiger partial charge in [-0.1, -0.05) is 0 Å². The van der Waals surface area contributed by atoms with Crippen molar-refractivity contribution in [1.29, 1.82) is 0 Å². The molecule has 21 nitrogen and oxygen atoms in total. The van der Waals surface area contributed by atoms with Crippen molar-refractivity contribution in [3.8, 4) is 5.82 Å². The highest BCUT2D eigenvalue weighted by Gasteiger charge is 2.49. The zero-order valence-corrected chi connectivity index (χ0v) is 26.4. The Hall–Kier alpha value is -3.56. The van der Waals surface area contributed by atoms with Crippen LogP contribution in [0.3, 0.4) is 0 Å². The van der Waals surface area contributed by atoms with E-state index in [0.29, 0.717) is 11.3 Å². The average Bonchev–Trinajstić information content (AvgIpc) is 3.83. The maximum atomic E-state index is 12.6. The number of phosphoric acid groups is 2. The third-order valence-corrected chi connectivity index (χ3v) is 10.6. The quantitative estimate of drug-likeness (QED) is 0.0632. The fraction of sp³-hybridized carbons (Fsp3) is 0.440. The summed E-state index contributed by atoms with van der Waals surface area (Å²) in [6.07, 6.45) is 1.43. The highest BCUT2D eigenvalue weighted by Crippen LogP contribution is 2.61. The lowest BCUT2D eigenvalue weighted by atomic mass is 10.1. The minimum Gasteiger partial charge on any atom is -0.390 e. The first-order valence-corrected chi connectivity index (χ1v) is 17.2. The van der Waals surface area contributed by atoms with Crippen molar-refractivity contribution >= 4 is 32.7 Å². The van der Waals surface area contributed by atoms with Crippen LogP contribution in [0.2, 0.25) is 0 Å². The second kappa shape index (κ2) is 13.4. The van der Waals surface area contributed by atoms with Gasteiger partial charge in [0.05, 0.1) is 25.6 Å². The van der Waals surface area contributed by atoms with Crippen LogP contribution in [-0.4, -0.2) is 109 Å². The number of aliphatic hydroxyl groups is 4. The van der Waals surface area contributed by atoms with Gasteiger partial charge in [0, 0.05) is 30.8 Å². The molecule has 6 rings (SSSR count). The molecule has 1 saturated heterocycles. The summed E-state index contributed by atoms with van der Waals surface area (Å²) < 4.78 is 49.2. The fourth-order valence-electron chi connectivity index (χ4n) is 5.64. The number of carbonyl (C=O) groups is 1. The van der Waals surface area contributed by atoms with Gasteiger partial charge in [0.2, 0.25) is 0 Å². The summed E-state index contributed by atoms with van der Waals surface area (Å²) in [5.41, 5.74) is 5.99. The van der Waals surface area contributed by atoms with E-state index in [1.54, 1.807) is 10.8 Å². The molecule has 2 unspecified atom stereocenters. The Kier molecular flexibility index (Phi) is 9.57. The van der Waals surface area contributed by atoms with E-state index >= 15 is 0 Å². The van der Waals surface area contributed by atoms with Crippen molar-refractivity contribution in [2.24, 2.45) is 11.7 Å². The highest BCUT2D eigenvalue weighted by molar-refractivity contribution is 7.61. The maximum absolute atomic E-state index is 12.6. The summed E-state index contributed by atoms with van der Waals surface area (Å²) in [4.78, 5) is 48.4. The van der Waals surface area contributed by atoms with Crippen LogP contribution in [0.4, 0.5) is 0 Å². The van der Waals surface area contributed by atoms with Crippen molar-refractivity contribution in [3.05, 3.63) is 61.5 Å². The molecule has 4 aromatic heterocycles. The Bertz CT molecular complexity index is 1880. The molecule has 23 heteroatoms. The number of pyridine rings is 1. The molecule has 48 heavy (non-hydrogen) atoms. The molecule has 2 aliphatic rings. The number of hydrogen-bond acceptors (Lipinski definition) is 15. The Morgan fingerprint density at radius 1 is 1.02 bits per heavy atom. The summed E-state index contributed by atoms with van der Waals surface area (Å²) >= 11 is 0. The second-order valence-electron chi connectivity index (χ2n) is 11.1. The van der Waals surface area contributed by atoms with Gasteiger partial charge in [0.25, 0.3) is 5.91 Å². The predicted octanol–water partition coefficient (Wildman–Crippen LogP) is -1.75. The van der Waals surface area contributed by atoms with Crippen LogP contribution in [0.25, 0.3) is 17.0 Å². The van der Waals surface area contributed by atoms with Crippen molar-refractivity contribution in [3.63, 3.8) is 0 Å². The Balaban J connectivity index is 1.05. The van der Waals surface area contributed by atoms with E-state index in [0.717, 1.165) is 0 Å². The molecule has 0 aromatic carbocycles. The Labute approximate surface area is 270 Å². The van der Waals surface area contributed by atoms with Gasteiger partial charge in [-0.3, -0.25) is 23.0 Å². The van der Waals surface area contributed by atoms with Crippen molar-refractivity contribution in [2.75, 3.05) is 13.2 Å². The number of imidazole rings is 2. The second-order valence-corrected chi connectivity index (χ2v) is 14.1. The van der Waals surface area contributed by atoms with Crippen LogP contribution in [0.15, 0.2) is 55.9 Å². The Morgan fingerprint density at radius 3 is 2.48 bits per heavy atom. The number of rotatable bonds is 12. The molecule has 1 aliphatic carbocycles. The zero-order chi connectivity index (χ0) is 34.4. The van der Waals surface area contributed by atoms with Gasteiger partial charge in [0.1, 0.15) is 42.6 Å². The number of ether oxygens (including phenoxy) is 1. The first kappa shape index (κ1) is 34.3. The van der Waals surface area contributed by atoms with Crippen molar-refractivity contribution < 1.29 is 66.8 Å². The van der Waals surface area contributed by atoms with Gasteiger partial charge >= 0.3 is 15.6 Å². The highest BCUT2D eigenvalue weighted by atomic mass is 31.3. The molecule has 10 atom stereocenters. The van der Waals surface area contributed by atoms with Gasteiger partial charge < -0.3 is 40.7 Å². The summed E-state index contributed by atoms with van der Waals surface area (Å²) in [7, 11) is -10.7. The van der Waals surface area contributed by atoms with E-state index < -0.39 is 83.5 Å². The van der Waals surface area contributed by atoms with Gasteiger partial charge in [-0.15, -0.1) is 0 Å². The van der Waals surface area contributed by atoms with Crippen LogP contribution < -0.4 is 10.3 Å². The number of aromatic nitrogens is 7. The van der Waals surface area contributed by atoms with E-state index in [2.05, 4.69) is 24.2 Å². The molecule has 258 valence electrons. The number of aliphatic hydroxyl groups excluding tert-OH is 4. The minimum absolute atomic E-state index is 0.0198. The van der Waals surface area contributed by atoms with Gasteiger partial charge in [0.15, 0.2) is 41.6 Å². The number of hydrogen-bond donors (Lipinski definition) is 7. The number of fused-ring (bicyclic) bond motifs is 1. The van der Waals surface area contributed by atoms with Crippen molar-refractivity contribution in [2.45, 2.75) is 49.2 Å². The third kappa shape index (κ3) is 6.95. The zero-order valence-electron chi connectivity index (χ0n) is 24.6. The molecule has 5 heterocycles. The molecule has 1 saturated carbocycles. The number of amides is 1. The van der Waals surface area contributed by atoms with E-state index in [9.17, 15) is 44.1 Å². The summed E-state index contributed by atoms with van der Waals surface area (Å²) in [5, 5.41) is 42.3. The number of nitrogens with zero attached hydrogens (tertiary/aromatic N) is 7. The smallest absolute Gasteiger partial charge is 0.390 e. The first-order chi connectivity index (χ1) is 22.7. The van der Waals surface area contributed by atoms with E-state index in [1.165, 1.54) is 58.8 Å². The molecule has 0 spiro atoms. The summed E-state index contributed by atoms with van der Waals surface area (Å²) in [5.74, 6) is -1.26. The molecule has 0 radical (unpaired) electrons. The minimum atomic E-state index is -5.35. The van der Waals surface area contributed by atoms with Crippen LogP contribution in [-0.2, 0) is 27.2 Å². The van der Waals surface area contributed by atoms with Gasteiger partial charge in [-0.25, -0.2) is 29.1 Å². The van der Waals surface area contributed by atoms with Crippen LogP contribution >= 0.6 is 15.6 Å². The van der Waals surface area contributed by atoms with Crippen molar-refractivity contribution in [1.82, 2.24) is 29.1 Å². The molecule has 4 aromatic rings. The lowest BCUT2D eigenvalue weighted by Crippen LogP contribution is -2.45. The molecular weight excluding hydrogens is 682 g/mol. The molecule has 8 N–H and O–H groups in total. The lowest BCUT2D eigenvalue weighted by molar-refractivity contribution is -0.728. The van der Waals surface area contributed by atoms with Crippen LogP contribution in [0.5, 0.6) is 0 Å². The third-order valence-electron chi connectivity index (χ3n) is 8.02. The molecule has 1 aliphatic heterocycles. The first-order valence-electron chi connectivity index (χ1n) is 14.2. The maximum Gasteiger partial charge on any atom is 0.481 e. The van der Waals surface area contributed by atoms with Gasteiger partial charge in [-0.2, -0.15) is 8.88 Å². The lowest BCUT2D eigenvalue weighted by Gasteiger charge is -2.20. The summed E-state index contributed by atoms with van der Waals surface area (Å²) in [6, 6.07) is 2.21. The predicted molar refractivity (Wildman–Crippen MR) is 155 cm³/mol. The van der Waals surface area contributed by atoms with E-state index in [-0.39, 0.29) is 17.6 Å². The van der Waals surface area contributed by atoms with Gasteiger partial charge in [-0.05, 0) is 6.07 Å². The average molecular weight is 714 g/mol. The summed E-state index contributed by atoms with van der Waals surface area (Å²) in [6.45, 7) is -1.55. The number of primary amides is 1. The SMILES string of the molecule is NC(=O)c1ccc[n+]([C@@H]2C[C@H](COP(=O)(O)OP(=O)(O)OC[C@@H]3O[C@H](n4cnc5c(-n6ccnc6)ncnc54)[C@@H](O)[C@H]3O)[C@@H](O)[C@H]2O)c1. The Morgan fingerprint density at radius 2 is 1.77 bits per heavy atom. The van der Waals surface area contributed by atoms with E-state index in [4.69, 9.17) is 19.5 Å². The number of nitrogens with two attached hydrogens (primary N) is 1. The van der Waals surface area contributed by atoms with E-state index in [1.807, 2.05) is 0 Å². The largest absolute Gasteiger partial charge is 0.481 e. The monoisotopic (exact) mass is 713 g/mol. The van der Waals surface area contributed by atoms with Crippen LogP contribution in [0.1, 0.15) is 29.0 Å². The molecule has 2 fully saturated rings. The van der Waals surface area contributed by atoms with Crippen LogP contribution in [0, 0.1) is 5.92 Å². The fourth-order valence-corrected chi connectivity index (χ4v) is 7.77. The molecular formula is C25H31N8O13P2+. The number of carbonyl (C=O) groups excluding carboxylic acids is 1. The normalized spacial score (nSPS) is 30.0. The molecule has 1 amide bonds. The standard InChI is InChI=1S/C25H30N8O13P2/c26-22(38)13-2-1-4-31(7-13)15-6-14(18(34)19(15)35)8-43-47(39,40)46-48(41,42)44-9-16-20(36)21(37)25(45-16)33-12-30-17-23(28-10-29-24(17)33)32-5-3-27-11-32/h1-5,7,10-12,14-16,18-21,25,34-37H,6,8-9H2,(H3-,26,38,39,40,41,42)/p+1/t14-,15-,16+,18-,19+,20+,21+,25+/m1/s1. The number of phosphoric ester groups is 2. The molecule has 0 bridgehead atoms.